The molecule has 9 heteroatoms. The molecule has 1 saturated heterocycles. The third kappa shape index (κ3) is 3.59. The summed E-state index contributed by atoms with van der Waals surface area (Å²) >= 11 is 0. The van der Waals surface area contributed by atoms with E-state index >= 15 is 0 Å². The summed E-state index contributed by atoms with van der Waals surface area (Å²) in [7, 11) is 1.39. The number of rotatable bonds is 5. The van der Waals surface area contributed by atoms with Crippen molar-refractivity contribution in [2.24, 2.45) is 0 Å². The molecule has 0 unspecified atom stereocenters. The Morgan fingerprint density at radius 1 is 1.35 bits per heavy atom. The average molecular weight is 361 g/mol. The van der Waals surface area contributed by atoms with E-state index in [9.17, 15) is 14.7 Å². The molecule has 0 amide bonds. The van der Waals surface area contributed by atoms with Crippen molar-refractivity contribution in [3.8, 4) is 0 Å². The molecule has 0 radical (unpaired) electrons. The number of hydrogen-bond donors (Lipinski definition) is 2. The molecular weight excluding hydrogens is 342 g/mol. The number of aliphatic hydroxyl groups excluding tert-OH is 1. The molecule has 26 heavy (non-hydrogen) atoms. The molecule has 4 atom stereocenters. The van der Waals surface area contributed by atoms with Gasteiger partial charge in [-0.3, -0.25) is 4.57 Å². The second-order valence-electron chi connectivity index (χ2n) is 5.76. The second kappa shape index (κ2) is 7.65. The van der Waals surface area contributed by atoms with E-state index in [1.54, 1.807) is 30.3 Å². The van der Waals surface area contributed by atoms with Gasteiger partial charge in [-0.2, -0.15) is 4.98 Å². The lowest BCUT2D eigenvalue weighted by molar-refractivity contribution is -0.0655. The molecule has 3 rings (SSSR count). The highest BCUT2D eigenvalue weighted by Gasteiger charge is 2.46. The molecule has 2 heterocycles. The largest absolute Gasteiger partial charge is 0.459 e. The van der Waals surface area contributed by atoms with Crippen LogP contribution < -0.4 is 11.4 Å². The zero-order chi connectivity index (χ0) is 18.7. The number of nitrogens with two attached hydrogens (primary N) is 1. The van der Waals surface area contributed by atoms with Gasteiger partial charge in [0.1, 0.15) is 30.7 Å². The first kappa shape index (κ1) is 18.1. The molecule has 0 bridgehead atoms. The number of anilines is 1. The summed E-state index contributed by atoms with van der Waals surface area (Å²) in [6.45, 7) is -0.192. The van der Waals surface area contributed by atoms with Gasteiger partial charge in [-0.05, 0) is 18.2 Å². The number of esters is 1. The minimum Gasteiger partial charge on any atom is -0.459 e. The smallest absolute Gasteiger partial charge is 0.351 e. The molecule has 0 aliphatic carbocycles. The molecule has 0 spiro atoms. The van der Waals surface area contributed by atoms with Crippen LogP contribution in [0, 0.1) is 0 Å². The molecule has 1 aromatic heterocycles. The lowest BCUT2D eigenvalue weighted by Gasteiger charge is -2.20. The molecule has 1 aromatic carbocycles. The minimum absolute atomic E-state index is 0.0760. The fourth-order valence-electron chi connectivity index (χ4n) is 2.77. The molecule has 3 N–H and O–H groups in total. The van der Waals surface area contributed by atoms with E-state index in [1.807, 2.05) is 0 Å². The quantitative estimate of drug-likeness (QED) is 0.710. The van der Waals surface area contributed by atoms with Crippen LogP contribution in [0.1, 0.15) is 16.6 Å². The van der Waals surface area contributed by atoms with E-state index in [0.29, 0.717) is 5.56 Å². The average Bonchev–Trinajstić information content (AvgIpc) is 2.96. The number of nitrogens with zero attached hydrogens (tertiary/aromatic N) is 2. The Balaban J connectivity index is 1.71. The monoisotopic (exact) mass is 361 g/mol. The molecule has 0 saturated carbocycles. The fourth-order valence-corrected chi connectivity index (χ4v) is 2.77. The van der Waals surface area contributed by atoms with Crippen molar-refractivity contribution < 1.29 is 24.1 Å². The minimum atomic E-state index is -1.10. The molecule has 2 aromatic rings. The number of methoxy groups -OCH3 is 1. The topological polar surface area (TPSA) is 126 Å². The third-order valence-corrected chi connectivity index (χ3v) is 4.10. The molecule has 1 fully saturated rings. The number of benzene rings is 1. The molecule has 138 valence electrons. The number of nitrogen functional groups attached to an aromatic ring is 1. The Morgan fingerprint density at radius 2 is 2.08 bits per heavy atom. The van der Waals surface area contributed by atoms with Gasteiger partial charge in [-0.15, -0.1) is 0 Å². The first-order valence-electron chi connectivity index (χ1n) is 7.94. The summed E-state index contributed by atoms with van der Waals surface area (Å²) in [5.74, 6) is -0.461. The Hall–Kier alpha value is -2.75. The number of aromatic nitrogens is 2. The van der Waals surface area contributed by atoms with Crippen molar-refractivity contribution in [1.29, 1.82) is 0 Å². The maximum absolute atomic E-state index is 12.0. The SMILES string of the molecule is CO[C@@H]1[C@H](O)[C@@H](COC(=O)c2ccccc2)O[C@H]1n1ccc(N)nc1=O. The number of carbonyl (C=O) groups excluding carboxylic acids is 1. The van der Waals surface area contributed by atoms with Crippen molar-refractivity contribution in [3.05, 3.63) is 58.6 Å². The number of carbonyl (C=O) groups is 1. The number of ether oxygens (including phenoxy) is 3. The second-order valence-corrected chi connectivity index (χ2v) is 5.76. The van der Waals surface area contributed by atoms with Crippen LogP contribution in [-0.4, -0.2) is 52.7 Å². The Morgan fingerprint density at radius 3 is 2.73 bits per heavy atom. The van der Waals surface area contributed by atoms with Crippen molar-refractivity contribution in [2.75, 3.05) is 19.5 Å². The summed E-state index contributed by atoms with van der Waals surface area (Å²) in [5, 5.41) is 10.4. The standard InChI is InChI=1S/C17H19N3O6/c1-24-14-13(21)11(9-25-16(22)10-5-3-2-4-6-10)26-15(14)20-8-7-12(18)19-17(20)23/h2-8,11,13-15,21H,9H2,1H3,(H2,18,19,23)/t11-,13-,14-,15-/m1/s1. The van der Waals surface area contributed by atoms with Gasteiger partial charge in [0.25, 0.3) is 0 Å². The normalized spacial score (nSPS) is 25.2. The lowest BCUT2D eigenvalue weighted by atomic mass is 10.1. The van der Waals surface area contributed by atoms with Crippen LogP contribution in [-0.2, 0) is 14.2 Å². The molecular formula is C17H19N3O6. The Bertz CT molecular complexity index is 825. The van der Waals surface area contributed by atoms with Gasteiger partial charge in [-0.25, -0.2) is 9.59 Å². The van der Waals surface area contributed by atoms with Crippen LogP contribution in [0.15, 0.2) is 47.4 Å². The lowest BCUT2D eigenvalue weighted by Crippen LogP contribution is -2.37. The van der Waals surface area contributed by atoms with Crippen LogP contribution in [0.3, 0.4) is 0 Å². The van der Waals surface area contributed by atoms with Crippen molar-refractivity contribution >= 4 is 11.8 Å². The van der Waals surface area contributed by atoms with Gasteiger partial charge in [-0.1, -0.05) is 18.2 Å². The fraction of sp³-hybridized carbons (Fsp3) is 0.353. The number of aliphatic hydroxyl groups is 1. The van der Waals surface area contributed by atoms with Crippen LogP contribution in [0.2, 0.25) is 0 Å². The van der Waals surface area contributed by atoms with Gasteiger partial charge in [0.05, 0.1) is 5.56 Å². The summed E-state index contributed by atoms with van der Waals surface area (Å²) in [6.07, 6.45) is -2.30. The highest BCUT2D eigenvalue weighted by Crippen LogP contribution is 2.30. The van der Waals surface area contributed by atoms with E-state index in [1.165, 1.54) is 23.9 Å². The zero-order valence-electron chi connectivity index (χ0n) is 14.0. The van der Waals surface area contributed by atoms with Gasteiger partial charge in [0.2, 0.25) is 0 Å². The highest BCUT2D eigenvalue weighted by atomic mass is 16.6. The molecule has 1 aliphatic heterocycles. The summed E-state index contributed by atoms with van der Waals surface area (Å²) in [5.41, 5.74) is 5.24. The van der Waals surface area contributed by atoms with E-state index in [2.05, 4.69) is 4.98 Å². The summed E-state index contributed by atoms with van der Waals surface area (Å²) < 4.78 is 17.3. The maximum Gasteiger partial charge on any atom is 0.351 e. The van der Waals surface area contributed by atoms with Crippen LogP contribution in [0.5, 0.6) is 0 Å². The van der Waals surface area contributed by atoms with Crippen LogP contribution >= 0.6 is 0 Å². The Kier molecular flexibility index (Phi) is 5.31. The van der Waals surface area contributed by atoms with Gasteiger partial charge in [0, 0.05) is 13.3 Å². The predicted molar refractivity (Wildman–Crippen MR) is 90.3 cm³/mol. The molecule has 9 nitrogen and oxygen atoms in total. The number of hydrogen-bond acceptors (Lipinski definition) is 8. The van der Waals surface area contributed by atoms with Crippen molar-refractivity contribution in [1.82, 2.24) is 9.55 Å². The first-order valence-corrected chi connectivity index (χ1v) is 7.94. The van der Waals surface area contributed by atoms with Crippen molar-refractivity contribution in [2.45, 2.75) is 24.5 Å². The zero-order valence-corrected chi connectivity index (χ0v) is 14.0. The van der Waals surface area contributed by atoms with Gasteiger partial charge in [0.15, 0.2) is 6.23 Å². The van der Waals surface area contributed by atoms with E-state index in [-0.39, 0.29) is 12.4 Å². The first-order chi connectivity index (χ1) is 12.5. The third-order valence-electron chi connectivity index (χ3n) is 4.10. The highest BCUT2D eigenvalue weighted by molar-refractivity contribution is 5.89. The van der Waals surface area contributed by atoms with Crippen LogP contribution in [0.4, 0.5) is 5.82 Å². The molecule has 1 aliphatic rings. The Labute approximate surface area is 148 Å². The predicted octanol–water partition coefficient (Wildman–Crippen LogP) is -0.0442. The summed E-state index contributed by atoms with van der Waals surface area (Å²) in [6, 6.07) is 9.90. The van der Waals surface area contributed by atoms with Gasteiger partial charge < -0.3 is 25.1 Å². The van der Waals surface area contributed by atoms with Crippen molar-refractivity contribution in [3.63, 3.8) is 0 Å². The maximum atomic E-state index is 12.0. The van der Waals surface area contributed by atoms with E-state index < -0.39 is 36.2 Å². The van der Waals surface area contributed by atoms with Crippen LogP contribution in [0.25, 0.3) is 0 Å². The van der Waals surface area contributed by atoms with Gasteiger partial charge >= 0.3 is 11.7 Å². The summed E-state index contributed by atoms with van der Waals surface area (Å²) in [4.78, 5) is 27.7. The van der Waals surface area contributed by atoms with E-state index in [4.69, 9.17) is 19.9 Å². The van der Waals surface area contributed by atoms with E-state index in [0.717, 1.165) is 0 Å².